The Balaban J connectivity index is 1.82. The van der Waals surface area contributed by atoms with Crippen molar-refractivity contribution in [2.75, 3.05) is 6.61 Å². The van der Waals surface area contributed by atoms with Gasteiger partial charge in [0.25, 0.3) is 5.91 Å². The largest absolute Gasteiger partial charge is 0.454 e. The van der Waals surface area contributed by atoms with Crippen LogP contribution in [0.2, 0.25) is 0 Å². The van der Waals surface area contributed by atoms with Gasteiger partial charge in [0, 0.05) is 6.04 Å². The summed E-state index contributed by atoms with van der Waals surface area (Å²) in [6.45, 7) is 2.91. The quantitative estimate of drug-likeness (QED) is 0.679. The van der Waals surface area contributed by atoms with Gasteiger partial charge in [-0.15, -0.1) is 0 Å². The van der Waals surface area contributed by atoms with Crippen molar-refractivity contribution < 1.29 is 27.1 Å². The van der Waals surface area contributed by atoms with E-state index in [1.165, 1.54) is 6.92 Å². The van der Waals surface area contributed by atoms with E-state index in [1.54, 1.807) is 0 Å². The molecule has 150 valence electrons. The second kappa shape index (κ2) is 9.27. The Morgan fingerprint density at radius 2 is 1.85 bits per heavy atom. The zero-order valence-electron chi connectivity index (χ0n) is 15.4. The Bertz CT molecular complexity index is 766. The second-order valence-corrected chi connectivity index (χ2v) is 8.55. The third-order valence-corrected chi connectivity index (χ3v) is 6.17. The highest BCUT2D eigenvalue weighted by Crippen LogP contribution is 2.23. The van der Waals surface area contributed by atoms with Gasteiger partial charge in [0.05, 0.1) is 4.90 Å². The Kier molecular flexibility index (Phi) is 7.32. The van der Waals surface area contributed by atoms with Crippen molar-refractivity contribution >= 4 is 21.9 Å². The van der Waals surface area contributed by atoms with Crippen LogP contribution in [0.3, 0.4) is 0 Å². The summed E-state index contributed by atoms with van der Waals surface area (Å²) in [5.41, 5.74) is 0. The molecule has 0 radical (unpaired) electrons. The summed E-state index contributed by atoms with van der Waals surface area (Å²) in [7, 11) is -4.01. The number of hydrogen-bond acceptors (Lipinski definition) is 5. The zero-order valence-corrected chi connectivity index (χ0v) is 16.2. The number of amides is 1. The van der Waals surface area contributed by atoms with Gasteiger partial charge in [0.2, 0.25) is 10.0 Å². The molecule has 9 heteroatoms. The number of carbonyl (C=O) groups excluding carboxylic acids is 2. The van der Waals surface area contributed by atoms with Crippen LogP contribution in [0.5, 0.6) is 0 Å². The summed E-state index contributed by atoms with van der Waals surface area (Å²) >= 11 is 0. The maximum Gasteiger partial charge on any atom is 0.324 e. The molecular weight excluding hydrogens is 375 g/mol. The number of nitrogens with one attached hydrogen (secondary N) is 2. The van der Waals surface area contributed by atoms with Gasteiger partial charge in [-0.2, -0.15) is 4.72 Å². The highest BCUT2D eigenvalue weighted by atomic mass is 32.2. The molecule has 0 unspecified atom stereocenters. The van der Waals surface area contributed by atoms with Crippen molar-refractivity contribution in [2.45, 2.75) is 56.5 Å². The second-order valence-electron chi connectivity index (χ2n) is 6.84. The number of carbonyl (C=O) groups is 2. The molecule has 2 rings (SSSR count). The number of sulfonamides is 1. The monoisotopic (exact) mass is 400 g/mol. The van der Waals surface area contributed by atoms with E-state index in [4.69, 9.17) is 4.74 Å². The SMILES string of the molecule is C[C@H](NS(=O)(=O)c1ccc(F)cc1)C(=O)OCC(=O)N[C@@H]1CCCC[C@@H]1C. The molecule has 0 aliphatic heterocycles. The van der Waals surface area contributed by atoms with E-state index in [-0.39, 0.29) is 10.9 Å². The molecule has 1 aliphatic carbocycles. The van der Waals surface area contributed by atoms with Gasteiger partial charge in [0.15, 0.2) is 6.61 Å². The van der Waals surface area contributed by atoms with Crippen LogP contribution in [-0.2, 0) is 24.3 Å². The number of halogens is 1. The molecule has 1 aromatic rings. The molecule has 1 amide bonds. The molecule has 1 aliphatic rings. The van der Waals surface area contributed by atoms with Gasteiger partial charge in [0.1, 0.15) is 11.9 Å². The van der Waals surface area contributed by atoms with Crippen LogP contribution >= 0.6 is 0 Å². The predicted octanol–water partition coefficient (Wildman–Crippen LogP) is 1.73. The summed E-state index contributed by atoms with van der Waals surface area (Å²) in [6, 6.07) is 3.08. The van der Waals surface area contributed by atoms with Gasteiger partial charge in [-0.25, -0.2) is 12.8 Å². The van der Waals surface area contributed by atoms with E-state index in [2.05, 4.69) is 17.0 Å². The van der Waals surface area contributed by atoms with Crippen LogP contribution in [0, 0.1) is 11.7 Å². The molecule has 1 fully saturated rings. The Labute approximate surface area is 158 Å². The highest BCUT2D eigenvalue weighted by Gasteiger charge is 2.25. The smallest absolute Gasteiger partial charge is 0.324 e. The molecule has 1 aromatic carbocycles. The van der Waals surface area contributed by atoms with Gasteiger partial charge in [-0.05, 0) is 49.9 Å². The van der Waals surface area contributed by atoms with Crippen LogP contribution in [0.4, 0.5) is 4.39 Å². The average molecular weight is 400 g/mol. The van der Waals surface area contributed by atoms with Crippen molar-refractivity contribution in [1.29, 1.82) is 0 Å². The minimum atomic E-state index is -4.01. The summed E-state index contributed by atoms with van der Waals surface area (Å²) < 4.78 is 44.3. The molecule has 7 nitrogen and oxygen atoms in total. The summed E-state index contributed by atoms with van der Waals surface area (Å²) in [6.07, 6.45) is 4.15. The summed E-state index contributed by atoms with van der Waals surface area (Å²) in [5.74, 6) is -1.47. The fourth-order valence-electron chi connectivity index (χ4n) is 3.00. The van der Waals surface area contributed by atoms with Gasteiger partial charge >= 0.3 is 5.97 Å². The van der Waals surface area contributed by atoms with Crippen LogP contribution < -0.4 is 10.0 Å². The molecule has 3 atom stereocenters. The summed E-state index contributed by atoms with van der Waals surface area (Å²) in [5, 5.41) is 2.85. The van der Waals surface area contributed by atoms with E-state index in [0.29, 0.717) is 5.92 Å². The first-order valence-electron chi connectivity index (χ1n) is 8.93. The maximum atomic E-state index is 12.9. The Hall–Kier alpha value is -2.00. The van der Waals surface area contributed by atoms with Crippen molar-refractivity contribution in [3.8, 4) is 0 Å². The highest BCUT2D eigenvalue weighted by molar-refractivity contribution is 7.89. The molecule has 27 heavy (non-hydrogen) atoms. The fraction of sp³-hybridized carbons (Fsp3) is 0.556. The number of rotatable bonds is 7. The predicted molar refractivity (Wildman–Crippen MR) is 96.7 cm³/mol. The molecule has 0 heterocycles. The number of hydrogen-bond donors (Lipinski definition) is 2. The van der Waals surface area contributed by atoms with Crippen molar-refractivity contribution in [3.63, 3.8) is 0 Å². The fourth-order valence-corrected chi connectivity index (χ4v) is 4.20. The normalized spacial score (nSPS) is 21.3. The molecule has 0 saturated heterocycles. The number of benzene rings is 1. The van der Waals surface area contributed by atoms with Crippen molar-refractivity contribution in [1.82, 2.24) is 10.0 Å². The molecular formula is C18H25FN2O5S. The van der Waals surface area contributed by atoms with Crippen LogP contribution in [0.1, 0.15) is 39.5 Å². The first-order valence-corrected chi connectivity index (χ1v) is 10.4. The first kappa shape index (κ1) is 21.3. The molecule has 2 N–H and O–H groups in total. The minimum Gasteiger partial charge on any atom is -0.454 e. The number of ether oxygens (including phenoxy) is 1. The van der Waals surface area contributed by atoms with E-state index in [1.807, 2.05) is 0 Å². The van der Waals surface area contributed by atoms with E-state index in [0.717, 1.165) is 49.9 Å². The lowest BCUT2D eigenvalue weighted by Crippen LogP contribution is -2.44. The average Bonchev–Trinajstić information content (AvgIpc) is 2.61. The Morgan fingerprint density at radius 1 is 1.22 bits per heavy atom. The summed E-state index contributed by atoms with van der Waals surface area (Å²) in [4.78, 5) is 23.8. The minimum absolute atomic E-state index is 0.0688. The van der Waals surface area contributed by atoms with E-state index in [9.17, 15) is 22.4 Å². The molecule has 0 bridgehead atoms. The van der Waals surface area contributed by atoms with Crippen molar-refractivity contribution in [2.24, 2.45) is 5.92 Å². The first-order chi connectivity index (χ1) is 12.7. The van der Waals surface area contributed by atoms with E-state index >= 15 is 0 Å². The molecule has 1 saturated carbocycles. The van der Waals surface area contributed by atoms with Gasteiger partial charge < -0.3 is 10.1 Å². The van der Waals surface area contributed by atoms with Gasteiger partial charge in [-0.3, -0.25) is 9.59 Å². The lowest BCUT2D eigenvalue weighted by Gasteiger charge is -2.29. The number of esters is 1. The molecule has 0 spiro atoms. The maximum absolute atomic E-state index is 12.9. The van der Waals surface area contributed by atoms with Crippen LogP contribution in [0.15, 0.2) is 29.2 Å². The standard InChI is InChI=1S/C18H25FN2O5S/c1-12-5-3-4-6-16(12)20-17(22)11-26-18(23)13(2)21-27(24,25)15-9-7-14(19)8-10-15/h7-10,12-13,16,21H,3-6,11H2,1-2H3,(H,20,22)/t12-,13-,16+/m0/s1. The van der Waals surface area contributed by atoms with Crippen LogP contribution in [0.25, 0.3) is 0 Å². The lowest BCUT2D eigenvalue weighted by atomic mass is 9.86. The van der Waals surface area contributed by atoms with Gasteiger partial charge in [-0.1, -0.05) is 19.8 Å². The Morgan fingerprint density at radius 3 is 2.48 bits per heavy atom. The topological polar surface area (TPSA) is 102 Å². The lowest BCUT2D eigenvalue weighted by molar-refractivity contribution is -0.150. The van der Waals surface area contributed by atoms with Crippen LogP contribution in [-0.4, -0.2) is 39.0 Å². The zero-order chi connectivity index (χ0) is 20.0. The van der Waals surface area contributed by atoms with Crippen molar-refractivity contribution in [3.05, 3.63) is 30.1 Å². The van der Waals surface area contributed by atoms with E-state index < -0.39 is 40.4 Å². The third kappa shape index (κ3) is 6.28. The third-order valence-electron chi connectivity index (χ3n) is 4.61. The molecule has 0 aromatic heterocycles.